The van der Waals surface area contributed by atoms with E-state index in [0.717, 1.165) is 5.92 Å². The summed E-state index contributed by atoms with van der Waals surface area (Å²) in [7, 11) is 0. The molecule has 1 rings (SSSR count). The molecule has 0 radical (unpaired) electrons. The van der Waals surface area contributed by atoms with Crippen molar-refractivity contribution in [2.75, 3.05) is 26.4 Å². The Morgan fingerprint density at radius 2 is 2.06 bits per heavy atom. The van der Waals surface area contributed by atoms with E-state index in [-0.39, 0.29) is 6.10 Å². The van der Waals surface area contributed by atoms with E-state index in [1.807, 2.05) is 13.8 Å². The predicted octanol–water partition coefficient (Wildman–Crippen LogP) is 1.57. The molecular weight excluding hydrogens is 230 g/mol. The minimum absolute atomic E-state index is 0.240. The first-order valence-corrected chi connectivity index (χ1v) is 7.20. The lowest BCUT2D eigenvalue weighted by atomic mass is 10.1. The molecule has 108 valence electrons. The summed E-state index contributed by atoms with van der Waals surface area (Å²) in [4.78, 5) is 0. The molecule has 4 nitrogen and oxygen atoms in total. The van der Waals surface area contributed by atoms with Crippen LogP contribution in [0.5, 0.6) is 0 Å². The largest absolute Gasteiger partial charge is 0.389 e. The monoisotopic (exact) mass is 259 g/mol. The van der Waals surface area contributed by atoms with E-state index < -0.39 is 6.10 Å². The molecule has 0 aromatic heterocycles. The van der Waals surface area contributed by atoms with Crippen LogP contribution < -0.4 is 5.32 Å². The first kappa shape index (κ1) is 15.9. The van der Waals surface area contributed by atoms with Crippen LogP contribution in [0.3, 0.4) is 0 Å². The Bertz CT molecular complexity index is 211. The first-order chi connectivity index (χ1) is 8.59. The molecule has 0 aromatic rings. The molecular formula is C14H29NO3. The smallest absolute Gasteiger partial charge is 0.0897 e. The Kier molecular flexibility index (Phi) is 7.82. The van der Waals surface area contributed by atoms with Gasteiger partial charge in [0.25, 0.3) is 0 Å². The van der Waals surface area contributed by atoms with Crippen molar-refractivity contribution in [2.24, 2.45) is 5.92 Å². The lowest BCUT2D eigenvalue weighted by Gasteiger charge is -2.20. The SMILES string of the molecule is CC(C)OCCOCC(O)CNC1CCCC1C. The predicted molar refractivity (Wildman–Crippen MR) is 72.7 cm³/mol. The molecule has 18 heavy (non-hydrogen) atoms. The van der Waals surface area contributed by atoms with Gasteiger partial charge in [-0.3, -0.25) is 0 Å². The number of rotatable bonds is 9. The fourth-order valence-corrected chi connectivity index (χ4v) is 2.36. The number of ether oxygens (including phenoxy) is 2. The Balaban J connectivity index is 1.95. The highest BCUT2D eigenvalue weighted by Gasteiger charge is 2.23. The lowest BCUT2D eigenvalue weighted by Crippen LogP contribution is -2.38. The van der Waals surface area contributed by atoms with E-state index in [2.05, 4.69) is 12.2 Å². The number of aliphatic hydroxyl groups excluding tert-OH is 1. The zero-order valence-electron chi connectivity index (χ0n) is 12.0. The van der Waals surface area contributed by atoms with E-state index in [1.54, 1.807) is 0 Å². The molecule has 1 saturated carbocycles. The highest BCUT2D eigenvalue weighted by atomic mass is 16.5. The third-order valence-corrected chi connectivity index (χ3v) is 3.47. The topological polar surface area (TPSA) is 50.7 Å². The van der Waals surface area contributed by atoms with Crippen molar-refractivity contribution in [1.82, 2.24) is 5.32 Å². The fraction of sp³-hybridized carbons (Fsp3) is 1.00. The van der Waals surface area contributed by atoms with E-state index in [1.165, 1.54) is 19.3 Å². The number of nitrogens with one attached hydrogen (secondary N) is 1. The third-order valence-electron chi connectivity index (χ3n) is 3.47. The van der Waals surface area contributed by atoms with Gasteiger partial charge in [0.05, 0.1) is 32.0 Å². The molecule has 1 aliphatic carbocycles. The molecule has 0 saturated heterocycles. The maximum atomic E-state index is 9.78. The van der Waals surface area contributed by atoms with Gasteiger partial charge in [-0.2, -0.15) is 0 Å². The molecule has 4 heteroatoms. The Morgan fingerprint density at radius 1 is 1.28 bits per heavy atom. The van der Waals surface area contributed by atoms with E-state index in [4.69, 9.17) is 9.47 Å². The van der Waals surface area contributed by atoms with Crippen LogP contribution in [0.1, 0.15) is 40.0 Å². The first-order valence-electron chi connectivity index (χ1n) is 7.20. The van der Waals surface area contributed by atoms with Crippen LogP contribution in [0.4, 0.5) is 0 Å². The molecule has 0 aliphatic heterocycles. The second-order valence-electron chi connectivity index (χ2n) is 5.57. The highest BCUT2D eigenvalue weighted by Crippen LogP contribution is 2.24. The van der Waals surface area contributed by atoms with Crippen LogP contribution in [0.2, 0.25) is 0 Å². The number of hydrogen-bond acceptors (Lipinski definition) is 4. The van der Waals surface area contributed by atoms with Gasteiger partial charge < -0.3 is 19.9 Å². The summed E-state index contributed by atoms with van der Waals surface area (Å²) >= 11 is 0. The van der Waals surface area contributed by atoms with Crippen LogP contribution in [-0.4, -0.2) is 49.7 Å². The van der Waals surface area contributed by atoms with Crippen molar-refractivity contribution in [2.45, 2.75) is 58.3 Å². The summed E-state index contributed by atoms with van der Waals surface area (Å²) in [5, 5.41) is 13.2. The van der Waals surface area contributed by atoms with Crippen LogP contribution in [0, 0.1) is 5.92 Å². The summed E-state index contributed by atoms with van der Waals surface area (Å²) in [5.41, 5.74) is 0. The van der Waals surface area contributed by atoms with Crippen molar-refractivity contribution in [3.63, 3.8) is 0 Å². The zero-order valence-corrected chi connectivity index (χ0v) is 12.0. The van der Waals surface area contributed by atoms with E-state index >= 15 is 0 Å². The lowest BCUT2D eigenvalue weighted by molar-refractivity contribution is -0.0106. The third kappa shape index (κ3) is 6.69. The van der Waals surface area contributed by atoms with Crippen LogP contribution in [0.15, 0.2) is 0 Å². The highest BCUT2D eigenvalue weighted by molar-refractivity contribution is 4.80. The van der Waals surface area contributed by atoms with Gasteiger partial charge in [-0.05, 0) is 32.6 Å². The molecule has 0 aromatic carbocycles. The molecule has 1 fully saturated rings. The van der Waals surface area contributed by atoms with Gasteiger partial charge in [0.2, 0.25) is 0 Å². The van der Waals surface area contributed by atoms with Gasteiger partial charge >= 0.3 is 0 Å². The van der Waals surface area contributed by atoms with Crippen LogP contribution >= 0.6 is 0 Å². The molecule has 1 aliphatic rings. The van der Waals surface area contributed by atoms with Crippen molar-refractivity contribution in [3.8, 4) is 0 Å². The Labute approximate surface area is 111 Å². The molecule has 3 unspecified atom stereocenters. The van der Waals surface area contributed by atoms with Gasteiger partial charge in [0.15, 0.2) is 0 Å². The number of hydrogen-bond donors (Lipinski definition) is 2. The molecule has 0 amide bonds. The Morgan fingerprint density at radius 3 is 2.67 bits per heavy atom. The van der Waals surface area contributed by atoms with Crippen molar-refractivity contribution >= 4 is 0 Å². The average molecular weight is 259 g/mol. The molecule has 2 N–H and O–H groups in total. The van der Waals surface area contributed by atoms with Gasteiger partial charge in [-0.15, -0.1) is 0 Å². The second-order valence-corrected chi connectivity index (χ2v) is 5.57. The average Bonchev–Trinajstić information content (AvgIpc) is 2.71. The Hall–Kier alpha value is -0.160. The van der Waals surface area contributed by atoms with E-state index in [9.17, 15) is 5.11 Å². The van der Waals surface area contributed by atoms with Crippen LogP contribution in [0.25, 0.3) is 0 Å². The fourth-order valence-electron chi connectivity index (χ4n) is 2.36. The normalized spacial score (nSPS) is 25.8. The quantitative estimate of drug-likeness (QED) is 0.617. The van der Waals surface area contributed by atoms with Crippen LogP contribution in [-0.2, 0) is 9.47 Å². The zero-order chi connectivity index (χ0) is 13.4. The summed E-state index contributed by atoms with van der Waals surface area (Å²) in [6.45, 7) is 8.43. The van der Waals surface area contributed by atoms with Gasteiger partial charge in [0, 0.05) is 12.6 Å². The molecule has 3 atom stereocenters. The van der Waals surface area contributed by atoms with Gasteiger partial charge in [0.1, 0.15) is 0 Å². The minimum atomic E-state index is -0.420. The maximum absolute atomic E-state index is 9.78. The summed E-state index contributed by atoms with van der Waals surface area (Å²) in [5.74, 6) is 0.734. The number of aliphatic hydroxyl groups is 1. The van der Waals surface area contributed by atoms with Crippen molar-refractivity contribution in [3.05, 3.63) is 0 Å². The standard InChI is InChI=1S/C14H29NO3/c1-11(2)18-8-7-17-10-13(16)9-15-14-6-4-5-12(14)3/h11-16H,4-10H2,1-3H3. The molecule has 0 bridgehead atoms. The second kappa shape index (κ2) is 8.86. The van der Waals surface area contributed by atoms with E-state index in [0.29, 0.717) is 32.4 Å². The van der Waals surface area contributed by atoms with Gasteiger partial charge in [-0.25, -0.2) is 0 Å². The molecule has 0 heterocycles. The minimum Gasteiger partial charge on any atom is -0.389 e. The maximum Gasteiger partial charge on any atom is 0.0897 e. The van der Waals surface area contributed by atoms with Crippen molar-refractivity contribution in [1.29, 1.82) is 0 Å². The summed E-state index contributed by atoms with van der Waals surface area (Å²) < 4.78 is 10.7. The van der Waals surface area contributed by atoms with Crippen molar-refractivity contribution < 1.29 is 14.6 Å². The molecule has 0 spiro atoms. The van der Waals surface area contributed by atoms with Gasteiger partial charge in [-0.1, -0.05) is 13.3 Å². The summed E-state index contributed by atoms with van der Waals surface area (Å²) in [6.07, 6.45) is 3.66. The summed E-state index contributed by atoms with van der Waals surface area (Å²) in [6, 6.07) is 0.573.